The Labute approximate surface area is 216 Å². The second kappa shape index (κ2) is 9.81. The first-order chi connectivity index (χ1) is 16.9. The van der Waals surface area contributed by atoms with Crippen molar-refractivity contribution in [3.63, 3.8) is 0 Å². The summed E-state index contributed by atoms with van der Waals surface area (Å²) < 4.78 is 29.8. The minimum absolute atomic E-state index is 0.177. The molecule has 0 amide bonds. The molecule has 2 heterocycles. The van der Waals surface area contributed by atoms with Gasteiger partial charge in [-0.05, 0) is 79.8 Å². The van der Waals surface area contributed by atoms with Gasteiger partial charge in [-0.2, -0.15) is 5.26 Å². The van der Waals surface area contributed by atoms with Gasteiger partial charge < -0.3 is 4.74 Å². The van der Waals surface area contributed by atoms with E-state index in [-0.39, 0.29) is 17.2 Å². The number of aryl methyl sites for hydroxylation is 1. The van der Waals surface area contributed by atoms with Crippen molar-refractivity contribution >= 4 is 33.2 Å². The number of Topliss-reactive ketones (excluding diaryl/α,β-unsaturated/α-hetero) is 1. The summed E-state index contributed by atoms with van der Waals surface area (Å²) >= 11 is 6.61. The van der Waals surface area contributed by atoms with Crippen molar-refractivity contribution in [2.75, 3.05) is 25.9 Å². The Hall–Kier alpha value is -2.99. The van der Waals surface area contributed by atoms with Crippen molar-refractivity contribution in [1.29, 1.82) is 5.26 Å². The van der Waals surface area contributed by atoms with Gasteiger partial charge in [0.25, 0.3) is 0 Å². The lowest BCUT2D eigenvalue weighted by molar-refractivity contribution is -0.157. The molecule has 2 aromatic rings. The fourth-order valence-electron chi connectivity index (χ4n) is 5.10. The molecule has 0 saturated carbocycles. The Morgan fingerprint density at radius 1 is 1.31 bits per heavy atom. The summed E-state index contributed by atoms with van der Waals surface area (Å²) in [6.07, 6.45) is 3.77. The molecule has 0 aliphatic carbocycles. The molecule has 9 heteroatoms. The molecular formula is C27H27ClN2O5S. The van der Waals surface area contributed by atoms with Crippen LogP contribution in [0, 0.1) is 18.3 Å². The summed E-state index contributed by atoms with van der Waals surface area (Å²) in [5.74, 6) is -1.93. The summed E-state index contributed by atoms with van der Waals surface area (Å²) in [5, 5.41) is 9.20. The topological polar surface area (TPSA) is 105 Å². The highest BCUT2D eigenvalue weighted by molar-refractivity contribution is 7.90. The van der Waals surface area contributed by atoms with Crippen LogP contribution in [0.1, 0.15) is 36.8 Å². The SMILES string of the molecule is CC(=CC#N)CN1CCCC2(C1)OC(=O)C(c1cc(Cl)c(-c3cccc(S(C)(=O)=O)c3)cc1C)C2=O. The first-order valence-corrected chi connectivity index (χ1v) is 13.9. The number of carbonyl (C=O) groups excluding carboxylic acids is 2. The molecule has 0 N–H and O–H groups in total. The van der Waals surface area contributed by atoms with Crippen LogP contribution < -0.4 is 0 Å². The van der Waals surface area contributed by atoms with Crippen molar-refractivity contribution in [2.24, 2.45) is 0 Å². The number of ketones is 1. The highest BCUT2D eigenvalue weighted by atomic mass is 35.5. The van der Waals surface area contributed by atoms with Crippen LogP contribution >= 0.6 is 11.6 Å². The molecule has 188 valence electrons. The van der Waals surface area contributed by atoms with E-state index in [2.05, 4.69) is 0 Å². The van der Waals surface area contributed by atoms with Crippen molar-refractivity contribution in [1.82, 2.24) is 4.90 Å². The van der Waals surface area contributed by atoms with Crippen LogP contribution in [-0.4, -0.2) is 56.6 Å². The van der Waals surface area contributed by atoms with Crippen LogP contribution in [0.15, 0.2) is 52.9 Å². The fraction of sp³-hybridized carbons (Fsp3) is 0.370. The average molecular weight is 527 g/mol. The van der Waals surface area contributed by atoms with Crippen LogP contribution in [0.5, 0.6) is 0 Å². The van der Waals surface area contributed by atoms with Gasteiger partial charge in [-0.1, -0.05) is 23.7 Å². The molecule has 0 bridgehead atoms. The smallest absolute Gasteiger partial charge is 0.322 e. The lowest BCUT2D eigenvalue weighted by Crippen LogP contribution is -2.52. The number of likely N-dealkylation sites (tertiary alicyclic amines) is 1. The van der Waals surface area contributed by atoms with Crippen LogP contribution in [0.25, 0.3) is 11.1 Å². The van der Waals surface area contributed by atoms with E-state index in [1.807, 2.05) is 17.9 Å². The zero-order valence-corrected chi connectivity index (χ0v) is 21.9. The number of ether oxygens (including phenoxy) is 1. The first kappa shape index (κ1) is 26.1. The number of carbonyl (C=O) groups is 2. The van der Waals surface area contributed by atoms with E-state index in [0.717, 1.165) is 18.4 Å². The third-order valence-corrected chi connectivity index (χ3v) is 8.22. The third kappa shape index (κ3) is 4.96. The predicted molar refractivity (Wildman–Crippen MR) is 136 cm³/mol. The van der Waals surface area contributed by atoms with E-state index in [9.17, 15) is 18.0 Å². The van der Waals surface area contributed by atoms with Gasteiger partial charge >= 0.3 is 5.97 Å². The lowest BCUT2D eigenvalue weighted by Gasteiger charge is -2.38. The maximum absolute atomic E-state index is 13.7. The highest BCUT2D eigenvalue weighted by Crippen LogP contribution is 2.43. The number of nitriles is 1. The Balaban J connectivity index is 1.65. The number of rotatable bonds is 5. The number of allylic oxidation sites excluding steroid dienone is 1. The van der Waals surface area contributed by atoms with E-state index in [0.29, 0.717) is 46.7 Å². The second-order valence-electron chi connectivity index (χ2n) is 9.64. The zero-order chi connectivity index (χ0) is 26.3. The second-order valence-corrected chi connectivity index (χ2v) is 12.1. The molecule has 36 heavy (non-hydrogen) atoms. The van der Waals surface area contributed by atoms with Gasteiger partial charge in [0, 0.05) is 36.0 Å². The Bertz CT molecular complexity index is 1430. The number of piperidine rings is 1. The Morgan fingerprint density at radius 3 is 2.75 bits per heavy atom. The molecule has 2 atom stereocenters. The van der Waals surface area contributed by atoms with Gasteiger partial charge in [0.15, 0.2) is 21.2 Å². The number of nitrogens with zero attached hydrogens (tertiary/aromatic N) is 2. The molecule has 1 spiro atoms. The van der Waals surface area contributed by atoms with E-state index < -0.39 is 27.3 Å². The Kier molecular flexibility index (Phi) is 7.11. The number of halogens is 1. The lowest BCUT2D eigenvalue weighted by atomic mass is 9.81. The normalized spacial score (nSPS) is 23.1. The largest absolute Gasteiger partial charge is 0.449 e. The van der Waals surface area contributed by atoms with Crippen molar-refractivity contribution in [2.45, 2.75) is 43.1 Å². The summed E-state index contributed by atoms with van der Waals surface area (Å²) in [6.45, 7) is 5.21. The average Bonchev–Trinajstić information content (AvgIpc) is 3.03. The monoisotopic (exact) mass is 526 g/mol. The summed E-state index contributed by atoms with van der Waals surface area (Å²) in [7, 11) is -3.40. The van der Waals surface area contributed by atoms with E-state index in [4.69, 9.17) is 21.6 Å². The maximum atomic E-state index is 13.7. The van der Waals surface area contributed by atoms with Gasteiger partial charge in [-0.15, -0.1) is 0 Å². The molecule has 2 fully saturated rings. The molecule has 7 nitrogen and oxygen atoms in total. The minimum Gasteiger partial charge on any atom is -0.449 e. The molecule has 2 unspecified atom stereocenters. The summed E-state index contributed by atoms with van der Waals surface area (Å²) in [5.41, 5.74) is 2.08. The van der Waals surface area contributed by atoms with E-state index in [1.54, 1.807) is 37.3 Å². The van der Waals surface area contributed by atoms with Crippen LogP contribution in [-0.2, 0) is 24.2 Å². The quantitative estimate of drug-likeness (QED) is 0.326. The van der Waals surface area contributed by atoms with Crippen LogP contribution in [0.2, 0.25) is 5.02 Å². The van der Waals surface area contributed by atoms with Gasteiger partial charge in [0.1, 0.15) is 5.92 Å². The summed E-state index contributed by atoms with van der Waals surface area (Å²) in [6, 6.07) is 11.9. The highest BCUT2D eigenvalue weighted by Gasteiger charge is 2.57. The number of hydrogen-bond acceptors (Lipinski definition) is 7. The molecule has 2 aliphatic rings. The maximum Gasteiger partial charge on any atom is 0.322 e. The van der Waals surface area contributed by atoms with Crippen molar-refractivity contribution in [3.8, 4) is 17.2 Å². The first-order valence-electron chi connectivity index (χ1n) is 11.6. The van der Waals surface area contributed by atoms with Crippen molar-refractivity contribution < 1.29 is 22.7 Å². The zero-order valence-electron chi connectivity index (χ0n) is 20.4. The molecule has 2 aromatic carbocycles. The number of sulfone groups is 1. The van der Waals surface area contributed by atoms with Gasteiger partial charge in [-0.3, -0.25) is 14.5 Å². The van der Waals surface area contributed by atoms with Gasteiger partial charge in [0.05, 0.1) is 11.0 Å². The molecule has 2 saturated heterocycles. The Morgan fingerprint density at radius 2 is 2.06 bits per heavy atom. The fourth-order valence-corrected chi connectivity index (χ4v) is 6.05. The predicted octanol–water partition coefficient (Wildman–Crippen LogP) is 4.23. The molecule has 2 aliphatic heterocycles. The molecule has 0 radical (unpaired) electrons. The van der Waals surface area contributed by atoms with Gasteiger partial charge in [0.2, 0.25) is 0 Å². The minimum atomic E-state index is -3.40. The molecule has 0 aromatic heterocycles. The third-order valence-electron chi connectivity index (χ3n) is 6.80. The standard InChI is InChI=1S/C27H27ClN2O5S/c1-17(8-10-29)15-30-11-5-9-27(16-30)25(31)24(26(32)35-27)21-14-23(28)22(12-18(21)2)19-6-4-7-20(13-19)36(3,33)34/h4,6-8,12-14,24H,5,9,11,15-16H2,1-3H3. The number of esters is 1. The number of hydrogen-bond donors (Lipinski definition) is 0. The molecular weight excluding hydrogens is 500 g/mol. The van der Waals surface area contributed by atoms with Crippen LogP contribution in [0.3, 0.4) is 0 Å². The molecule has 4 rings (SSSR count). The van der Waals surface area contributed by atoms with E-state index >= 15 is 0 Å². The van der Waals surface area contributed by atoms with E-state index in [1.165, 1.54) is 12.1 Å². The van der Waals surface area contributed by atoms with Gasteiger partial charge in [-0.25, -0.2) is 8.42 Å². The summed E-state index contributed by atoms with van der Waals surface area (Å²) in [4.78, 5) is 28.9. The van der Waals surface area contributed by atoms with Crippen LogP contribution in [0.4, 0.5) is 0 Å². The number of benzene rings is 2. The van der Waals surface area contributed by atoms with Crippen molar-refractivity contribution in [3.05, 3.63) is 64.2 Å².